The second kappa shape index (κ2) is 6.91. The van der Waals surface area contributed by atoms with Crippen molar-refractivity contribution in [1.82, 2.24) is 5.32 Å². The van der Waals surface area contributed by atoms with Crippen LogP contribution in [0.2, 0.25) is 0 Å². The average molecular weight is 275 g/mol. The van der Waals surface area contributed by atoms with E-state index in [9.17, 15) is 13.2 Å². The number of ether oxygens (including phenoxy) is 1. The lowest BCUT2D eigenvalue weighted by Gasteiger charge is -2.22. The molecular formula is C14H20F3NO. The predicted octanol–water partition coefficient (Wildman–Crippen LogP) is 3.47. The molecule has 5 heteroatoms. The Bertz CT molecular complexity index is 391. The van der Waals surface area contributed by atoms with Crippen LogP contribution in [0.25, 0.3) is 0 Å². The van der Waals surface area contributed by atoms with Gasteiger partial charge >= 0.3 is 6.18 Å². The summed E-state index contributed by atoms with van der Waals surface area (Å²) in [6, 6.07) is 5.66. The van der Waals surface area contributed by atoms with Crippen molar-refractivity contribution in [3.8, 4) is 0 Å². The first-order chi connectivity index (χ1) is 8.86. The van der Waals surface area contributed by atoms with Gasteiger partial charge in [-0.1, -0.05) is 32.0 Å². The van der Waals surface area contributed by atoms with Crippen molar-refractivity contribution in [3.05, 3.63) is 35.4 Å². The number of methoxy groups -OCH3 is 1. The van der Waals surface area contributed by atoms with Gasteiger partial charge in [-0.25, -0.2) is 0 Å². The van der Waals surface area contributed by atoms with Crippen LogP contribution in [0.15, 0.2) is 24.3 Å². The molecule has 0 saturated carbocycles. The topological polar surface area (TPSA) is 21.3 Å². The normalized spacial score (nSPS) is 13.8. The van der Waals surface area contributed by atoms with Crippen molar-refractivity contribution < 1.29 is 17.9 Å². The van der Waals surface area contributed by atoms with Gasteiger partial charge in [-0.3, -0.25) is 0 Å². The third-order valence-electron chi connectivity index (χ3n) is 3.03. The number of alkyl halides is 3. The molecule has 0 aromatic heterocycles. The average Bonchev–Trinajstić information content (AvgIpc) is 2.33. The molecule has 1 aromatic rings. The van der Waals surface area contributed by atoms with Gasteiger partial charge in [0.15, 0.2) is 0 Å². The summed E-state index contributed by atoms with van der Waals surface area (Å²) in [6.07, 6.45) is -4.31. The fraction of sp³-hybridized carbons (Fsp3) is 0.571. The summed E-state index contributed by atoms with van der Waals surface area (Å²) in [5.74, 6) is 0.290. The molecule has 2 nitrogen and oxygen atoms in total. The number of rotatable bonds is 6. The maximum Gasteiger partial charge on any atom is 0.416 e. The van der Waals surface area contributed by atoms with Gasteiger partial charge in [0, 0.05) is 19.7 Å². The van der Waals surface area contributed by atoms with Gasteiger partial charge in [0.2, 0.25) is 0 Å². The molecule has 0 heterocycles. The van der Waals surface area contributed by atoms with E-state index in [1.54, 1.807) is 13.2 Å². The van der Waals surface area contributed by atoms with Crippen LogP contribution in [0.5, 0.6) is 0 Å². The van der Waals surface area contributed by atoms with Crippen LogP contribution >= 0.6 is 0 Å². The fourth-order valence-corrected chi connectivity index (χ4v) is 1.86. The summed E-state index contributed by atoms with van der Waals surface area (Å²) in [5, 5.41) is 3.12. The molecule has 0 amide bonds. The molecule has 0 spiro atoms. The van der Waals surface area contributed by atoms with E-state index in [4.69, 9.17) is 4.74 Å². The van der Waals surface area contributed by atoms with Crippen molar-refractivity contribution in [2.75, 3.05) is 13.7 Å². The maximum atomic E-state index is 12.8. The summed E-state index contributed by atoms with van der Waals surface area (Å²) >= 11 is 0. The highest BCUT2D eigenvalue weighted by Crippen LogP contribution is 2.31. The van der Waals surface area contributed by atoms with Crippen LogP contribution < -0.4 is 5.32 Å². The van der Waals surface area contributed by atoms with E-state index in [1.807, 2.05) is 13.8 Å². The van der Waals surface area contributed by atoms with Gasteiger partial charge in [0.05, 0.1) is 12.2 Å². The lowest BCUT2D eigenvalue weighted by molar-refractivity contribution is -0.138. The first kappa shape index (κ1) is 16.0. The lowest BCUT2D eigenvalue weighted by atomic mass is 10.0. The Morgan fingerprint density at radius 2 is 1.84 bits per heavy atom. The SMILES string of the molecule is COCC(NCc1ccccc1C(F)(F)F)C(C)C. The Kier molecular flexibility index (Phi) is 5.82. The summed E-state index contributed by atoms with van der Waals surface area (Å²) < 4.78 is 43.5. The smallest absolute Gasteiger partial charge is 0.383 e. The van der Waals surface area contributed by atoms with Crippen molar-refractivity contribution in [3.63, 3.8) is 0 Å². The molecule has 0 aliphatic carbocycles. The maximum absolute atomic E-state index is 12.8. The molecule has 1 unspecified atom stereocenters. The highest BCUT2D eigenvalue weighted by molar-refractivity contribution is 5.29. The van der Waals surface area contributed by atoms with E-state index in [0.717, 1.165) is 6.07 Å². The molecule has 0 aliphatic heterocycles. The molecular weight excluding hydrogens is 255 g/mol. The quantitative estimate of drug-likeness (QED) is 0.858. The van der Waals surface area contributed by atoms with Crippen LogP contribution in [0.1, 0.15) is 25.0 Å². The minimum absolute atomic E-state index is 0.0336. The lowest BCUT2D eigenvalue weighted by Crippen LogP contribution is -2.37. The summed E-state index contributed by atoms with van der Waals surface area (Å²) in [5.41, 5.74) is -0.320. The zero-order valence-corrected chi connectivity index (χ0v) is 11.4. The van der Waals surface area contributed by atoms with Crippen LogP contribution in [0, 0.1) is 5.92 Å². The van der Waals surface area contributed by atoms with E-state index in [1.165, 1.54) is 12.1 Å². The highest BCUT2D eigenvalue weighted by atomic mass is 19.4. The van der Waals surface area contributed by atoms with E-state index in [-0.39, 0.29) is 24.1 Å². The Morgan fingerprint density at radius 1 is 1.21 bits per heavy atom. The van der Waals surface area contributed by atoms with Crippen LogP contribution in [0.3, 0.4) is 0 Å². The second-order valence-corrected chi connectivity index (χ2v) is 4.84. The number of benzene rings is 1. The minimum atomic E-state index is -4.31. The molecule has 1 rings (SSSR count). The molecule has 1 atom stereocenters. The van der Waals surface area contributed by atoms with Crippen LogP contribution in [0.4, 0.5) is 13.2 Å². The predicted molar refractivity (Wildman–Crippen MR) is 68.8 cm³/mol. The third-order valence-corrected chi connectivity index (χ3v) is 3.03. The van der Waals surface area contributed by atoms with Gasteiger partial charge in [-0.05, 0) is 17.5 Å². The minimum Gasteiger partial charge on any atom is -0.383 e. The van der Waals surface area contributed by atoms with E-state index in [0.29, 0.717) is 6.61 Å². The first-order valence-electron chi connectivity index (χ1n) is 6.23. The van der Waals surface area contributed by atoms with Crippen molar-refractivity contribution >= 4 is 0 Å². The van der Waals surface area contributed by atoms with E-state index in [2.05, 4.69) is 5.32 Å². The van der Waals surface area contributed by atoms with Crippen molar-refractivity contribution in [2.45, 2.75) is 32.6 Å². The zero-order valence-electron chi connectivity index (χ0n) is 11.4. The molecule has 0 saturated heterocycles. The van der Waals surface area contributed by atoms with Gasteiger partial charge in [0.25, 0.3) is 0 Å². The molecule has 1 aromatic carbocycles. The standard InChI is InChI=1S/C14H20F3NO/c1-10(2)13(9-19-3)18-8-11-6-4-5-7-12(11)14(15,16)17/h4-7,10,13,18H,8-9H2,1-3H3. The Labute approximate surface area is 112 Å². The fourth-order valence-electron chi connectivity index (χ4n) is 1.86. The molecule has 108 valence electrons. The molecule has 19 heavy (non-hydrogen) atoms. The zero-order chi connectivity index (χ0) is 14.5. The number of halogens is 3. The molecule has 0 aliphatic rings. The van der Waals surface area contributed by atoms with E-state index < -0.39 is 11.7 Å². The van der Waals surface area contributed by atoms with Gasteiger partial charge < -0.3 is 10.1 Å². The first-order valence-corrected chi connectivity index (χ1v) is 6.23. The number of hydrogen-bond donors (Lipinski definition) is 1. The summed E-state index contributed by atoms with van der Waals surface area (Å²) in [4.78, 5) is 0. The van der Waals surface area contributed by atoms with Crippen molar-refractivity contribution in [1.29, 1.82) is 0 Å². The molecule has 0 bridgehead atoms. The molecule has 0 fully saturated rings. The van der Waals surface area contributed by atoms with E-state index >= 15 is 0 Å². The largest absolute Gasteiger partial charge is 0.416 e. The van der Waals surface area contributed by atoms with Gasteiger partial charge in [-0.15, -0.1) is 0 Å². The Morgan fingerprint density at radius 3 is 2.37 bits per heavy atom. The Hall–Kier alpha value is -1.07. The Balaban J connectivity index is 2.77. The summed E-state index contributed by atoms with van der Waals surface area (Å²) in [6.45, 7) is 4.67. The van der Waals surface area contributed by atoms with Gasteiger partial charge in [-0.2, -0.15) is 13.2 Å². The second-order valence-electron chi connectivity index (χ2n) is 4.84. The number of nitrogens with one attached hydrogen (secondary N) is 1. The van der Waals surface area contributed by atoms with Gasteiger partial charge in [0.1, 0.15) is 0 Å². The molecule has 0 radical (unpaired) electrons. The van der Waals surface area contributed by atoms with Crippen LogP contribution in [-0.4, -0.2) is 19.8 Å². The summed E-state index contributed by atoms with van der Waals surface area (Å²) in [7, 11) is 1.58. The monoisotopic (exact) mass is 275 g/mol. The number of hydrogen-bond acceptors (Lipinski definition) is 2. The molecule has 1 N–H and O–H groups in total. The highest BCUT2D eigenvalue weighted by Gasteiger charge is 2.32. The van der Waals surface area contributed by atoms with Crippen molar-refractivity contribution in [2.24, 2.45) is 5.92 Å². The van der Waals surface area contributed by atoms with Crippen LogP contribution in [-0.2, 0) is 17.5 Å². The third kappa shape index (κ3) is 4.84.